The number of benzene rings is 1. The number of carbonyl (C=O) groups is 1. The Bertz CT molecular complexity index is 416. The van der Waals surface area contributed by atoms with Crippen LogP contribution >= 0.6 is 15.9 Å². The van der Waals surface area contributed by atoms with Crippen LogP contribution in [0.3, 0.4) is 0 Å². The molecule has 0 aliphatic heterocycles. The van der Waals surface area contributed by atoms with Crippen molar-refractivity contribution in [2.75, 3.05) is 13.1 Å². The van der Waals surface area contributed by atoms with Gasteiger partial charge in [-0.25, -0.2) is 4.39 Å². The van der Waals surface area contributed by atoms with Gasteiger partial charge in [0.25, 0.3) is 5.91 Å². The molecule has 0 saturated heterocycles. The summed E-state index contributed by atoms with van der Waals surface area (Å²) in [5, 5.41) is 0. The largest absolute Gasteiger partial charge is 0.338 e. The summed E-state index contributed by atoms with van der Waals surface area (Å²) in [6.45, 7) is 9.48. The molecule has 0 spiro atoms. The molecule has 0 bridgehead atoms. The average Bonchev–Trinajstić information content (AvgIpc) is 2.26. The molecular formula is C15H21BrFNO. The van der Waals surface area contributed by atoms with Crippen LogP contribution in [0.25, 0.3) is 0 Å². The predicted molar refractivity (Wildman–Crippen MR) is 79.7 cm³/mol. The van der Waals surface area contributed by atoms with Crippen molar-refractivity contribution >= 4 is 21.8 Å². The second-order valence-corrected chi connectivity index (χ2v) is 6.45. The van der Waals surface area contributed by atoms with Gasteiger partial charge in [-0.05, 0) is 39.9 Å². The monoisotopic (exact) mass is 329 g/mol. The van der Waals surface area contributed by atoms with Gasteiger partial charge in [0.05, 0.1) is 5.56 Å². The summed E-state index contributed by atoms with van der Waals surface area (Å²) in [5.41, 5.74) is 0.129. The van der Waals surface area contributed by atoms with Crippen LogP contribution in [-0.4, -0.2) is 23.9 Å². The van der Waals surface area contributed by atoms with Gasteiger partial charge in [-0.3, -0.25) is 4.79 Å². The molecule has 0 heterocycles. The van der Waals surface area contributed by atoms with Crippen molar-refractivity contribution in [3.63, 3.8) is 0 Å². The Morgan fingerprint density at radius 3 is 2.16 bits per heavy atom. The van der Waals surface area contributed by atoms with Crippen molar-refractivity contribution < 1.29 is 9.18 Å². The van der Waals surface area contributed by atoms with Crippen LogP contribution in [0.1, 0.15) is 38.1 Å². The van der Waals surface area contributed by atoms with Crippen LogP contribution in [0.15, 0.2) is 22.7 Å². The van der Waals surface area contributed by atoms with Crippen molar-refractivity contribution in [2.45, 2.75) is 27.7 Å². The molecule has 0 aromatic heterocycles. The number of nitrogens with zero attached hydrogens (tertiary/aromatic N) is 1. The SMILES string of the molecule is CC(C)CN(CC(C)C)C(=O)c1c(F)cccc1Br. The summed E-state index contributed by atoms with van der Waals surface area (Å²) in [6.07, 6.45) is 0. The first-order valence-corrected chi connectivity index (χ1v) is 7.35. The molecule has 1 aromatic carbocycles. The summed E-state index contributed by atoms with van der Waals surface area (Å²) in [6, 6.07) is 4.60. The van der Waals surface area contributed by atoms with Gasteiger partial charge in [-0.1, -0.05) is 33.8 Å². The van der Waals surface area contributed by atoms with Crippen molar-refractivity contribution in [1.29, 1.82) is 0 Å². The second-order valence-electron chi connectivity index (χ2n) is 5.59. The molecule has 0 N–H and O–H groups in total. The van der Waals surface area contributed by atoms with Crippen LogP contribution < -0.4 is 0 Å². The van der Waals surface area contributed by atoms with E-state index < -0.39 is 5.82 Å². The van der Waals surface area contributed by atoms with Crippen LogP contribution in [0.2, 0.25) is 0 Å². The smallest absolute Gasteiger partial charge is 0.258 e. The van der Waals surface area contributed by atoms with E-state index in [9.17, 15) is 9.18 Å². The predicted octanol–water partition coefficient (Wildman–Crippen LogP) is 4.34. The summed E-state index contributed by atoms with van der Waals surface area (Å²) in [5.74, 6) is -0.00856. The van der Waals surface area contributed by atoms with Crippen molar-refractivity contribution in [3.05, 3.63) is 34.1 Å². The van der Waals surface area contributed by atoms with Crippen molar-refractivity contribution in [1.82, 2.24) is 4.90 Å². The minimum Gasteiger partial charge on any atom is -0.338 e. The zero-order valence-electron chi connectivity index (χ0n) is 11.9. The number of hydrogen-bond acceptors (Lipinski definition) is 1. The lowest BCUT2D eigenvalue weighted by molar-refractivity contribution is 0.0709. The minimum absolute atomic E-state index is 0.129. The first kappa shape index (κ1) is 16.2. The molecule has 1 rings (SSSR count). The van der Waals surface area contributed by atoms with E-state index in [1.54, 1.807) is 17.0 Å². The molecule has 0 radical (unpaired) electrons. The fraction of sp³-hybridized carbons (Fsp3) is 0.533. The van der Waals surface area contributed by atoms with E-state index in [0.717, 1.165) is 0 Å². The molecule has 0 aliphatic carbocycles. The second kappa shape index (κ2) is 7.04. The third kappa shape index (κ3) is 4.60. The molecule has 0 atom stereocenters. The average molecular weight is 330 g/mol. The Balaban J connectivity index is 3.04. The van der Waals surface area contributed by atoms with E-state index in [-0.39, 0.29) is 11.5 Å². The van der Waals surface area contributed by atoms with E-state index in [0.29, 0.717) is 29.4 Å². The number of carbonyl (C=O) groups excluding carboxylic acids is 1. The molecular weight excluding hydrogens is 309 g/mol. The number of rotatable bonds is 5. The molecule has 0 fully saturated rings. The maximum atomic E-state index is 13.9. The molecule has 19 heavy (non-hydrogen) atoms. The zero-order valence-corrected chi connectivity index (χ0v) is 13.5. The van der Waals surface area contributed by atoms with E-state index in [1.807, 2.05) is 0 Å². The number of hydrogen-bond donors (Lipinski definition) is 0. The van der Waals surface area contributed by atoms with Crippen LogP contribution in [0, 0.1) is 17.7 Å². The van der Waals surface area contributed by atoms with Gasteiger partial charge >= 0.3 is 0 Å². The highest BCUT2D eigenvalue weighted by atomic mass is 79.9. The van der Waals surface area contributed by atoms with Crippen LogP contribution in [-0.2, 0) is 0 Å². The van der Waals surface area contributed by atoms with Gasteiger partial charge in [0.15, 0.2) is 0 Å². The fourth-order valence-electron chi connectivity index (χ4n) is 1.98. The molecule has 1 amide bonds. The van der Waals surface area contributed by atoms with Gasteiger partial charge in [-0.2, -0.15) is 0 Å². The maximum absolute atomic E-state index is 13.9. The van der Waals surface area contributed by atoms with Gasteiger partial charge in [0.2, 0.25) is 0 Å². The highest BCUT2D eigenvalue weighted by Gasteiger charge is 2.23. The fourth-order valence-corrected chi connectivity index (χ4v) is 2.49. The number of amides is 1. The Morgan fingerprint density at radius 2 is 1.74 bits per heavy atom. The zero-order chi connectivity index (χ0) is 14.6. The quantitative estimate of drug-likeness (QED) is 0.786. The summed E-state index contributed by atoms with van der Waals surface area (Å²) >= 11 is 3.26. The molecule has 0 saturated carbocycles. The first-order valence-electron chi connectivity index (χ1n) is 6.56. The lowest BCUT2D eigenvalue weighted by Gasteiger charge is -2.27. The van der Waals surface area contributed by atoms with Crippen molar-refractivity contribution in [2.24, 2.45) is 11.8 Å². The maximum Gasteiger partial charge on any atom is 0.258 e. The topological polar surface area (TPSA) is 20.3 Å². The highest BCUT2D eigenvalue weighted by molar-refractivity contribution is 9.10. The lowest BCUT2D eigenvalue weighted by Crippen LogP contribution is -2.37. The molecule has 0 unspecified atom stereocenters. The van der Waals surface area contributed by atoms with Gasteiger partial charge in [-0.15, -0.1) is 0 Å². The van der Waals surface area contributed by atoms with Gasteiger partial charge in [0, 0.05) is 17.6 Å². The Morgan fingerprint density at radius 1 is 1.21 bits per heavy atom. The molecule has 106 valence electrons. The molecule has 4 heteroatoms. The van der Waals surface area contributed by atoms with E-state index in [1.165, 1.54) is 6.07 Å². The normalized spacial score (nSPS) is 11.2. The summed E-state index contributed by atoms with van der Waals surface area (Å²) < 4.78 is 14.4. The Hall–Kier alpha value is -0.900. The summed E-state index contributed by atoms with van der Waals surface area (Å²) in [4.78, 5) is 14.2. The van der Waals surface area contributed by atoms with Gasteiger partial charge < -0.3 is 4.90 Å². The number of halogens is 2. The third-order valence-electron chi connectivity index (χ3n) is 2.63. The standard InChI is InChI=1S/C15H21BrFNO/c1-10(2)8-18(9-11(3)4)15(19)14-12(16)6-5-7-13(14)17/h5-7,10-11H,8-9H2,1-4H3. The van der Waals surface area contributed by atoms with Crippen molar-refractivity contribution in [3.8, 4) is 0 Å². The summed E-state index contributed by atoms with van der Waals surface area (Å²) in [7, 11) is 0. The van der Waals surface area contributed by atoms with E-state index in [2.05, 4.69) is 43.6 Å². The third-order valence-corrected chi connectivity index (χ3v) is 3.30. The van der Waals surface area contributed by atoms with Crippen LogP contribution in [0.5, 0.6) is 0 Å². The van der Waals surface area contributed by atoms with E-state index in [4.69, 9.17) is 0 Å². The molecule has 1 aromatic rings. The van der Waals surface area contributed by atoms with Crippen LogP contribution in [0.4, 0.5) is 4.39 Å². The Kier molecular flexibility index (Phi) is 5.98. The molecule has 0 aliphatic rings. The Labute approximate surface area is 123 Å². The first-order chi connectivity index (χ1) is 8.82. The lowest BCUT2D eigenvalue weighted by atomic mass is 10.1. The highest BCUT2D eigenvalue weighted by Crippen LogP contribution is 2.22. The van der Waals surface area contributed by atoms with E-state index >= 15 is 0 Å². The molecule has 2 nitrogen and oxygen atoms in total. The minimum atomic E-state index is -0.475. The van der Waals surface area contributed by atoms with Gasteiger partial charge in [0.1, 0.15) is 5.82 Å².